The van der Waals surface area contributed by atoms with E-state index in [2.05, 4.69) is 15.4 Å². The van der Waals surface area contributed by atoms with Gasteiger partial charge in [0.1, 0.15) is 0 Å². The largest absolute Gasteiger partial charge is 0.451 e. The molecule has 19 heavy (non-hydrogen) atoms. The first kappa shape index (κ1) is 13.6. The molecular weight excluding hydrogens is 261 g/mol. The molecule has 0 atom stereocenters. The Morgan fingerprint density at radius 3 is 2.53 bits per heavy atom. The van der Waals surface area contributed by atoms with Gasteiger partial charge in [0.05, 0.1) is 0 Å². The first-order chi connectivity index (χ1) is 8.95. The van der Waals surface area contributed by atoms with Crippen LogP contribution in [0.1, 0.15) is 37.9 Å². The zero-order valence-electron chi connectivity index (χ0n) is 10.0. The molecule has 1 aromatic rings. The van der Waals surface area contributed by atoms with Crippen LogP contribution in [-0.4, -0.2) is 21.1 Å². The maximum Gasteiger partial charge on any atom is 0.451 e. The number of anilines is 1. The van der Waals surface area contributed by atoms with Crippen LogP contribution in [-0.2, 0) is 11.0 Å². The van der Waals surface area contributed by atoms with E-state index in [1.165, 1.54) is 6.08 Å². The van der Waals surface area contributed by atoms with Gasteiger partial charge in [-0.2, -0.15) is 18.2 Å². The summed E-state index contributed by atoms with van der Waals surface area (Å²) in [6.07, 6.45) is 1.76. The summed E-state index contributed by atoms with van der Waals surface area (Å²) in [6.45, 7) is 0. The maximum atomic E-state index is 12.3. The van der Waals surface area contributed by atoms with E-state index < -0.39 is 17.9 Å². The second kappa shape index (κ2) is 5.41. The molecule has 0 radical (unpaired) electrons. The van der Waals surface area contributed by atoms with E-state index in [1.807, 2.05) is 0 Å². The molecule has 104 valence electrons. The number of alkyl halides is 3. The predicted octanol–water partition coefficient (Wildman–Crippen LogP) is 2.65. The highest BCUT2D eigenvalue weighted by atomic mass is 19.4. The highest BCUT2D eigenvalue weighted by Gasteiger charge is 2.35. The Labute approximate surface area is 107 Å². The summed E-state index contributed by atoms with van der Waals surface area (Å²) < 4.78 is 36.8. The van der Waals surface area contributed by atoms with Crippen molar-refractivity contribution in [3.05, 3.63) is 17.5 Å². The predicted molar refractivity (Wildman–Crippen MR) is 61.2 cm³/mol. The normalized spacial score (nSPS) is 16.3. The van der Waals surface area contributed by atoms with Crippen LogP contribution in [0.5, 0.6) is 0 Å². The van der Waals surface area contributed by atoms with Crippen molar-refractivity contribution in [3.63, 3.8) is 0 Å². The Kier molecular flexibility index (Phi) is 3.87. The van der Waals surface area contributed by atoms with Crippen LogP contribution in [0.25, 0.3) is 0 Å². The number of rotatable bonds is 2. The van der Waals surface area contributed by atoms with E-state index in [4.69, 9.17) is 0 Å². The molecule has 1 heterocycles. The number of nitrogens with zero attached hydrogens (tertiary/aromatic N) is 2. The number of hydrogen-bond acceptors (Lipinski definition) is 3. The van der Waals surface area contributed by atoms with Crippen molar-refractivity contribution in [3.8, 4) is 0 Å². The second-order valence-electron chi connectivity index (χ2n) is 4.36. The molecule has 0 unspecified atom stereocenters. The zero-order valence-corrected chi connectivity index (χ0v) is 10.0. The van der Waals surface area contributed by atoms with Crippen molar-refractivity contribution in [1.82, 2.24) is 15.2 Å². The molecule has 2 rings (SSSR count). The fraction of sp³-hybridized carbons (Fsp3) is 0.545. The molecule has 0 aliphatic heterocycles. The number of H-pyrrole nitrogens is 1. The third-order valence-electron chi connectivity index (χ3n) is 2.82. The average Bonchev–Trinajstić information content (AvgIpc) is 2.78. The lowest BCUT2D eigenvalue weighted by Gasteiger charge is -2.12. The molecular formula is C11H13F3N4O. The van der Waals surface area contributed by atoms with Gasteiger partial charge in [0.2, 0.25) is 11.8 Å². The lowest BCUT2D eigenvalue weighted by Crippen LogP contribution is -2.12. The van der Waals surface area contributed by atoms with Gasteiger partial charge in [-0.25, -0.2) is 0 Å². The first-order valence-electron chi connectivity index (χ1n) is 5.95. The van der Waals surface area contributed by atoms with Crippen LogP contribution in [0.4, 0.5) is 19.1 Å². The van der Waals surface area contributed by atoms with Gasteiger partial charge in [0.25, 0.3) is 5.91 Å². The molecule has 0 aromatic carbocycles. The third kappa shape index (κ3) is 3.80. The van der Waals surface area contributed by atoms with E-state index >= 15 is 0 Å². The van der Waals surface area contributed by atoms with Gasteiger partial charge in [0.15, 0.2) is 0 Å². The number of allylic oxidation sites excluding steroid dienone is 1. The van der Waals surface area contributed by atoms with Crippen molar-refractivity contribution in [1.29, 1.82) is 0 Å². The lowest BCUT2D eigenvalue weighted by atomic mass is 9.95. The Balaban J connectivity index is 1.97. The molecule has 1 fully saturated rings. The van der Waals surface area contributed by atoms with Gasteiger partial charge < -0.3 is 0 Å². The summed E-state index contributed by atoms with van der Waals surface area (Å²) in [5.74, 6) is -2.09. The minimum atomic E-state index is -4.60. The molecule has 8 heteroatoms. The SMILES string of the molecule is O=C(C=C1CCCCC1)Nc1n[nH]c(C(F)(F)F)n1. The Morgan fingerprint density at radius 2 is 1.95 bits per heavy atom. The number of carbonyl (C=O) groups excluding carboxylic acids is 1. The van der Waals surface area contributed by atoms with Crippen molar-refractivity contribution >= 4 is 11.9 Å². The summed E-state index contributed by atoms with van der Waals surface area (Å²) in [5, 5.41) is 7.24. The molecule has 0 spiro atoms. The standard InChI is InChI=1S/C11H13F3N4O/c12-11(13,14)9-16-10(18-17-9)15-8(19)6-7-4-2-1-3-5-7/h6H,1-5H2,(H2,15,16,17,18,19). The summed E-state index contributed by atoms with van der Waals surface area (Å²) in [6, 6.07) is 0. The first-order valence-corrected chi connectivity index (χ1v) is 5.95. The Morgan fingerprint density at radius 1 is 1.26 bits per heavy atom. The summed E-state index contributed by atoms with van der Waals surface area (Å²) in [5.41, 5.74) is 1.01. The fourth-order valence-corrected chi connectivity index (χ4v) is 1.93. The van der Waals surface area contributed by atoms with Gasteiger partial charge >= 0.3 is 6.18 Å². The summed E-state index contributed by atoms with van der Waals surface area (Å²) in [4.78, 5) is 14.7. The molecule has 1 amide bonds. The highest BCUT2D eigenvalue weighted by molar-refractivity contribution is 5.98. The van der Waals surface area contributed by atoms with Crippen molar-refractivity contribution in [2.45, 2.75) is 38.3 Å². The number of amides is 1. The Bertz CT molecular complexity index is 484. The van der Waals surface area contributed by atoms with E-state index in [0.717, 1.165) is 37.7 Å². The molecule has 5 nitrogen and oxygen atoms in total. The lowest BCUT2D eigenvalue weighted by molar-refractivity contribution is -0.144. The monoisotopic (exact) mass is 274 g/mol. The number of nitrogens with one attached hydrogen (secondary N) is 2. The molecule has 1 aliphatic rings. The van der Waals surface area contributed by atoms with Crippen LogP contribution < -0.4 is 5.32 Å². The number of halogens is 3. The van der Waals surface area contributed by atoms with Gasteiger partial charge in [-0.05, 0) is 25.7 Å². The molecule has 1 saturated carbocycles. The van der Waals surface area contributed by atoms with Crippen LogP contribution in [0.3, 0.4) is 0 Å². The van der Waals surface area contributed by atoms with Crippen molar-refractivity contribution in [2.24, 2.45) is 0 Å². The van der Waals surface area contributed by atoms with Gasteiger partial charge in [-0.3, -0.25) is 15.2 Å². The zero-order chi connectivity index (χ0) is 13.9. The van der Waals surface area contributed by atoms with Gasteiger partial charge in [-0.15, -0.1) is 5.10 Å². The van der Waals surface area contributed by atoms with E-state index in [9.17, 15) is 18.0 Å². The number of aromatic nitrogens is 3. The third-order valence-corrected chi connectivity index (χ3v) is 2.82. The maximum absolute atomic E-state index is 12.3. The topological polar surface area (TPSA) is 70.7 Å². The minimum absolute atomic E-state index is 0.370. The van der Waals surface area contributed by atoms with Crippen LogP contribution >= 0.6 is 0 Å². The molecule has 0 saturated heterocycles. The van der Waals surface area contributed by atoms with Crippen molar-refractivity contribution < 1.29 is 18.0 Å². The number of hydrogen-bond donors (Lipinski definition) is 2. The second-order valence-corrected chi connectivity index (χ2v) is 4.36. The number of carbonyl (C=O) groups is 1. The van der Waals surface area contributed by atoms with Crippen LogP contribution in [0.15, 0.2) is 11.6 Å². The minimum Gasteiger partial charge on any atom is -0.290 e. The molecule has 1 aliphatic carbocycles. The molecule has 1 aromatic heterocycles. The smallest absolute Gasteiger partial charge is 0.290 e. The van der Waals surface area contributed by atoms with E-state index in [1.54, 1.807) is 5.10 Å². The van der Waals surface area contributed by atoms with E-state index in [0.29, 0.717) is 0 Å². The van der Waals surface area contributed by atoms with Gasteiger partial charge in [-0.1, -0.05) is 12.0 Å². The van der Waals surface area contributed by atoms with Crippen molar-refractivity contribution in [2.75, 3.05) is 5.32 Å². The quantitative estimate of drug-likeness (QED) is 0.814. The summed E-state index contributed by atoms with van der Waals surface area (Å²) >= 11 is 0. The highest BCUT2D eigenvalue weighted by Crippen LogP contribution is 2.26. The average molecular weight is 274 g/mol. The molecule has 0 bridgehead atoms. The van der Waals surface area contributed by atoms with Crippen LogP contribution in [0.2, 0.25) is 0 Å². The molecule has 2 N–H and O–H groups in total. The number of aromatic amines is 1. The van der Waals surface area contributed by atoms with E-state index in [-0.39, 0.29) is 5.95 Å². The van der Waals surface area contributed by atoms with Crippen LogP contribution in [0, 0.1) is 0 Å². The summed E-state index contributed by atoms with van der Waals surface area (Å²) in [7, 11) is 0. The fourth-order valence-electron chi connectivity index (χ4n) is 1.93. The Hall–Kier alpha value is -1.86. The van der Waals surface area contributed by atoms with Gasteiger partial charge in [0, 0.05) is 6.08 Å².